The highest BCUT2D eigenvalue weighted by Gasteiger charge is 2.25. The van der Waals surface area contributed by atoms with Crippen molar-refractivity contribution in [1.82, 2.24) is 0 Å². The van der Waals surface area contributed by atoms with Crippen LogP contribution in [0.2, 0.25) is 5.02 Å². The lowest BCUT2D eigenvalue weighted by Gasteiger charge is -2.38. The molecule has 0 aliphatic carbocycles. The van der Waals surface area contributed by atoms with Gasteiger partial charge in [0.05, 0.1) is 5.69 Å². The van der Waals surface area contributed by atoms with E-state index < -0.39 is 0 Å². The van der Waals surface area contributed by atoms with Gasteiger partial charge in [0, 0.05) is 23.7 Å². The Morgan fingerprint density at radius 2 is 2.25 bits per heavy atom. The molecule has 2 unspecified atom stereocenters. The van der Waals surface area contributed by atoms with Gasteiger partial charge >= 0.3 is 0 Å². The van der Waals surface area contributed by atoms with Crippen molar-refractivity contribution in [3.8, 4) is 0 Å². The summed E-state index contributed by atoms with van der Waals surface area (Å²) in [5.74, 6) is -0.216. The zero-order valence-corrected chi connectivity index (χ0v) is 10.0. The lowest BCUT2D eigenvalue weighted by atomic mass is 9.98. The average Bonchev–Trinajstić information content (AvgIpc) is 2.22. The van der Waals surface area contributed by atoms with Gasteiger partial charge in [-0.3, -0.25) is 0 Å². The summed E-state index contributed by atoms with van der Waals surface area (Å²) in [6, 6.07) is 5.16. The summed E-state index contributed by atoms with van der Waals surface area (Å²) in [6.45, 7) is 2.86. The molecule has 2 nitrogen and oxygen atoms in total. The molecule has 2 atom stereocenters. The SMILES string of the molecule is CC1CC(N)CCN1c1cc(Cl)ccc1F. The summed E-state index contributed by atoms with van der Waals surface area (Å²) in [6.07, 6.45) is 1.79. The van der Waals surface area contributed by atoms with Crippen LogP contribution < -0.4 is 10.6 Å². The standard InChI is InChI=1S/C12H16ClFN2/c1-8-6-10(15)4-5-16(8)12-7-9(13)2-3-11(12)14/h2-3,7-8,10H,4-6,15H2,1H3. The van der Waals surface area contributed by atoms with Gasteiger partial charge in [0.2, 0.25) is 0 Å². The highest BCUT2D eigenvalue weighted by Crippen LogP contribution is 2.29. The van der Waals surface area contributed by atoms with Crippen LogP contribution in [0.15, 0.2) is 18.2 Å². The van der Waals surface area contributed by atoms with Gasteiger partial charge in [-0.05, 0) is 38.0 Å². The summed E-state index contributed by atoms with van der Waals surface area (Å²) < 4.78 is 13.7. The molecule has 0 aromatic heterocycles. The van der Waals surface area contributed by atoms with Crippen molar-refractivity contribution in [2.75, 3.05) is 11.4 Å². The molecule has 1 aliphatic heterocycles. The van der Waals surface area contributed by atoms with Crippen molar-refractivity contribution in [2.45, 2.75) is 31.8 Å². The lowest BCUT2D eigenvalue weighted by molar-refractivity contribution is 0.425. The highest BCUT2D eigenvalue weighted by molar-refractivity contribution is 6.30. The zero-order chi connectivity index (χ0) is 11.7. The molecule has 88 valence electrons. The van der Waals surface area contributed by atoms with E-state index in [0.717, 1.165) is 19.4 Å². The van der Waals surface area contributed by atoms with Crippen LogP contribution in [0.1, 0.15) is 19.8 Å². The van der Waals surface area contributed by atoms with E-state index in [4.69, 9.17) is 17.3 Å². The van der Waals surface area contributed by atoms with Crippen LogP contribution in [0.4, 0.5) is 10.1 Å². The third-order valence-electron chi connectivity index (χ3n) is 3.13. The first-order valence-electron chi connectivity index (χ1n) is 5.55. The van der Waals surface area contributed by atoms with Crippen LogP contribution in [0, 0.1) is 5.82 Å². The topological polar surface area (TPSA) is 29.3 Å². The molecule has 1 saturated heterocycles. The van der Waals surface area contributed by atoms with Crippen LogP contribution in [0.25, 0.3) is 0 Å². The third-order valence-corrected chi connectivity index (χ3v) is 3.37. The van der Waals surface area contributed by atoms with Gasteiger partial charge in [0.15, 0.2) is 0 Å². The molecule has 2 N–H and O–H groups in total. The van der Waals surface area contributed by atoms with E-state index in [1.807, 2.05) is 4.90 Å². The second-order valence-electron chi connectivity index (χ2n) is 4.42. The predicted molar refractivity (Wildman–Crippen MR) is 65.4 cm³/mol. The van der Waals surface area contributed by atoms with Crippen LogP contribution >= 0.6 is 11.6 Å². The minimum Gasteiger partial charge on any atom is -0.366 e. The van der Waals surface area contributed by atoms with Gasteiger partial charge in [-0.25, -0.2) is 4.39 Å². The van der Waals surface area contributed by atoms with E-state index in [0.29, 0.717) is 10.7 Å². The Morgan fingerprint density at radius 3 is 2.94 bits per heavy atom. The average molecular weight is 243 g/mol. The van der Waals surface area contributed by atoms with Gasteiger partial charge < -0.3 is 10.6 Å². The fourth-order valence-electron chi connectivity index (χ4n) is 2.27. The summed E-state index contributed by atoms with van der Waals surface area (Å²) in [5, 5.41) is 0.568. The van der Waals surface area contributed by atoms with Gasteiger partial charge in [-0.15, -0.1) is 0 Å². The smallest absolute Gasteiger partial charge is 0.146 e. The Bertz CT molecular complexity index is 383. The molecule has 2 rings (SSSR count). The van der Waals surface area contributed by atoms with Crippen molar-refractivity contribution in [3.05, 3.63) is 29.0 Å². The quantitative estimate of drug-likeness (QED) is 0.821. The lowest BCUT2D eigenvalue weighted by Crippen LogP contribution is -2.46. The molecule has 0 amide bonds. The van der Waals surface area contributed by atoms with Gasteiger partial charge in [0.1, 0.15) is 5.82 Å². The normalized spacial score (nSPS) is 25.9. The Morgan fingerprint density at radius 1 is 1.50 bits per heavy atom. The number of hydrogen-bond donors (Lipinski definition) is 1. The van der Waals surface area contributed by atoms with Crippen LogP contribution in [-0.4, -0.2) is 18.6 Å². The van der Waals surface area contributed by atoms with E-state index in [2.05, 4.69) is 6.92 Å². The minimum absolute atomic E-state index is 0.216. The van der Waals surface area contributed by atoms with Gasteiger partial charge in [0.25, 0.3) is 0 Å². The number of nitrogens with zero attached hydrogens (tertiary/aromatic N) is 1. The number of rotatable bonds is 1. The second kappa shape index (κ2) is 4.60. The summed E-state index contributed by atoms with van der Waals surface area (Å²) in [4.78, 5) is 2.05. The van der Waals surface area contributed by atoms with Crippen molar-refractivity contribution < 1.29 is 4.39 Å². The van der Waals surface area contributed by atoms with Crippen molar-refractivity contribution in [3.63, 3.8) is 0 Å². The largest absolute Gasteiger partial charge is 0.366 e. The molecule has 1 aromatic carbocycles. The van der Waals surface area contributed by atoms with Gasteiger partial charge in [-0.2, -0.15) is 0 Å². The van der Waals surface area contributed by atoms with E-state index in [9.17, 15) is 4.39 Å². The maximum absolute atomic E-state index is 13.7. The Kier molecular flexibility index (Phi) is 3.36. The van der Waals surface area contributed by atoms with Crippen LogP contribution in [0.3, 0.4) is 0 Å². The fourth-order valence-corrected chi connectivity index (χ4v) is 2.44. The van der Waals surface area contributed by atoms with Crippen LogP contribution in [-0.2, 0) is 0 Å². The number of piperidine rings is 1. The Balaban J connectivity index is 2.26. The highest BCUT2D eigenvalue weighted by atomic mass is 35.5. The number of halogens is 2. The third kappa shape index (κ3) is 2.30. The van der Waals surface area contributed by atoms with E-state index >= 15 is 0 Å². The van der Waals surface area contributed by atoms with Crippen molar-refractivity contribution >= 4 is 17.3 Å². The minimum atomic E-state index is -0.216. The molecule has 16 heavy (non-hydrogen) atoms. The van der Waals surface area contributed by atoms with E-state index in [1.165, 1.54) is 6.07 Å². The first-order chi connectivity index (χ1) is 7.58. The number of benzene rings is 1. The van der Waals surface area contributed by atoms with E-state index in [-0.39, 0.29) is 17.9 Å². The maximum Gasteiger partial charge on any atom is 0.146 e. The summed E-state index contributed by atoms with van der Waals surface area (Å²) in [5.41, 5.74) is 6.48. The van der Waals surface area contributed by atoms with Crippen molar-refractivity contribution in [2.24, 2.45) is 5.73 Å². The summed E-state index contributed by atoms with van der Waals surface area (Å²) >= 11 is 5.89. The monoisotopic (exact) mass is 242 g/mol. The molecular formula is C12H16ClFN2. The number of anilines is 1. The van der Waals surface area contributed by atoms with Gasteiger partial charge in [-0.1, -0.05) is 11.6 Å². The molecule has 1 aliphatic rings. The first kappa shape index (κ1) is 11.7. The van der Waals surface area contributed by atoms with Crippen molar-refractivity contribution in [1.29, 1.82) is 0 Å². The molecule has 1 fully saturated rings. The Labute approximate surface area is 100 Å². The van der Waals surface area contributed by atoms with Crippen LogP contribution in [0.5, 0.6) is 0 Å². The summed E-state index contributed by atoms with van der Waals surface area (Å²) in [7, 11) is 0. The van der Waals surface area contributed by atoms with E-state index in [1.54, 1.807) is 12.1 Å². The molecule has 4 heteroatoms. The number of hydrogen-bond acceptors (Lipinski definition) is 2. The molecule has 0 bridgehead atoms. The molecule has 0 saturated carbocycles. The fraction of sp³-hybridized carbons (Fsp3) is 0.500. The predicted octanol–water partition coefficient (Wildman–Crippen LogP) is 2.80. The molecule has 0 spiro atoms. The second-order valence-corrected chi connectivity index (χ2v) is 4.86. The zero-order valence-electron chi connectivity index (χ0n) is 9.29. The Hall–Kier alpha value is -0.800. The molecule has 1 aromatic rings. The maximum atomic E-state index is 13.7. The molecule has 0 radical (unpaired) electrons. The molecule has 1 heterocycles. The molecular weight excluding hydrogens is 227 g/mol. The number of nitrogens with two attached hydrogens (primary N) is 1. The first-order valence-corrected chi connectivity index (χ1v) is 5.93.